The Morgan fingerprint density at radius 1 is 1.17 bits per heavy atom. The fraction of sp³-hybridized carbons (Fsp3) is 0.933. The first-order chi connectivity index (χ1) is 8.08. The quantitative estimate of drug-likeness (QED) is 0.814. The van der Waals surface area contributed by atoms with Crippen molar-refractivity contribution >= 4 is 6.09 Å². The molecule has 0 bridgehead atoms. The molecule has 1 aliphatic heterocycles. The van der Waals surface area contributed by atoms with Crippen LogP contribution in [-0.4, -0.2) is 17.7 Å². The zero-order valence-electron chi connectivity index (χ0n) is 12.6. The van der Waals surface area contributed by atoms with E-state index in [4.69, 9.17) is 4.74 Å². The van der Waals surface area contributed by atoms with Gasteiger partial charge in [-0.2, -0.15) is 0 Å². The van der Waals surface area contributed by atoms with E-state index in [1.807, 2.05) is 0 Å². The summed E-state index contributed by atoms with van der Waals surface area (Å²) < 4.78 is 5.87. The first-order valence-corrected chi connectivity index (χ1v) is 7.07. The standard InChI is InChI=1S/C15H27NO2/c1-13(2,3)15(14(4,5)6)11(9-10-7-8-10)16-12(17)18-15/h10-11H,7-9H2,1-6H3,(H,16,17). The average molecular weight is 253 g/mol. The van der Waals surface area contributed by atoms with Gasteiger partial charge in [0.1, 0.15) is 5.60 Å². The maximum absolute atomic E-state index is 11.8. The molecule has 2 fully saturated rings. The molecule has 1 saturated heterocycles. The van der Waals surface area contributed by atoms with Crippen molar-refractivity contribution in [1.29, 1.82) is 0 Å². The van der Waals surface area contributed by atoms with Gasteiger partial charge >= 0.3 is 6.09 Å². The minimum Gasteiger partial charge on any atom is -0.440 e. The van der Waals surface area contributed by atoms with Crippen LogP contribution in [0.4, 0.5) is 4.79 Å². The van der Waals surface area contributed by atoms with Crippen molar-refractivity contribution in [2.75, 3.05) is 0 Å². The van der Waals surface area contributed by atoms with E-state index in [2.05, 4.69) is 46.9 Å². The lowest BCUT2D eigenvalue weighted by Crippen LogP contribution is -2.61. The van der Waals surface area contributed by atoms with E-state index in [-0.39, 0.29) is 23.0 Å². The van der Waals surface area contributed by atoms with E-state index >= 15 is 0 Å². The van der Waals surface area contributed by atoms with Gasteiger partial charge in [0.05, 0.1) is 6.04 Å². The van der Waals surface area contributed by atoms with Crippen LogP contribution in [0.15, 0.2) is 0 Å². The number of carbonyl (C=O) groups excluding carboxylic acids is 1. The predicted octanol–water partition coefficient (Wildman–Crippen LogP) is 3.73. The second-order valence-corrected chi connectivity index (χ2v) is 8.00. The maximum atomic E-state index is 11.8. The molecule has 3 heteroatoms. The number of rotatable bonds is 2. The number of hydrogen-bond acceptors (Lipinski definition) is 2. The summed E-state index contributed by atoms with van der Waals surface area (Å²) in [6.07, 6.45) is 3.42. The van der Waals surface area contributed by atoms with Crippen LogP contribution < -0.4 is 5.32 Å². The third-order valence-electron chi connectivity index (χ3n) is 4.53. The number of nitrogens with one attached hydrogen (secondary N) is 1. The van der Waals surface area contributed by atoms with Crippen LogP contribution in [0.1, 0.15) is 60.8 Å². The Bertz CT molecular complexity index is 330. The van der Waals surface area contributed by atoms with Crippen molar-refractivity contribution in [3.8, 4) is 0 Å². The molecule has 1 saturated carbocycles. The molecule has 1 unspecified atom stereocenters. The minimum atomic E-state index is -0.431. The van der Waals surface area contributed by atoms with E-state index in [1.54, 1.807) is 0 Å². The molecule has 3 nitrogen and oxygen atoms in total. The van der Waals surface area contributed by atoms with Gasteiger partial charge < -0.3 is 10.1 Å². The van der Waals surface area contributed by atoms with Gasteiger partial charge in [-0.3, -0.25) is 0 Å². The molecule has 0 radical (unpaired) electrons. The molecule has 104 valence electrons. The summed E-state index contributed by atoms with van der Waals surface area (Å²) in [4.78, 5) is 11.8. The molecule has 0 spiro atoms. The lowest BCUT2D eigenvalue weighted by atomic mass is 9.58. The highest BCUT2D eigenvalue weighted by Crippen LogP contribution is 2.53. The molecule has 0 aromatic heterocycles. The van der Waals surface area contributed by atoms with E-state index in [1.165, 1.54) is 12.8 Å². The van der Waals surface area contributed by atoms with Gasteiger partial charge in [-0.25, -0.2) is 4.79 Å². The molecule has 0 aromatic rings. The molecular weight excluding hydrogens is 226 g/mol. The second kappa shape index (κ2) is 3.88. The fourth-order valence-corrected chi connectivity index (χ4v) is 3.88. The van der Waals surface area contributed by atoms with Gasteiger partial charge in [-0.05, 0) is 12.3 Å². The molecule has 1 N–H and O–H groups in total. The molecular formula is C15H27NO2. The number of hydrogen-bond donors (Lipinski definition) is 1. The summed E-state index contributed by atoms with van der Waals surface area (Å²) >= 11 is 0. The number of amides is 1. The Balaban J connectivity index is 2.39. The Morgan fingerprint density at radius 3 is 2.06 bits per heavy atom. The van der Waals surface area contributed by atoms with E-state index in [0.29, 0.717) is 0 Å². The normalized spacial score (nSPS) is 27.9. The lowest BCUT2D eigenvalue weighted by Gasteiger charge is -2.51. The van der Waals surface area contributed by atoms with Gasteiger partial charge in [-0.1, -0.05) is 54.4 Å². The smallest absolute Gasteiger partial charge is 0.408 e. The van der Waals surface area contributed by atoms with Crippen molar-refractivity contribution in [1.82, 2.24) is 5.32 Å². The minimum absolute atomic E-state index is 0.0794. The summed E-state index contributed by atoms with van der Waals surface area (Å²) in [6, 6.07) is 0.137. The van der Waals surface area contributed by atoms with Crippen LogP contribution in [-0.2, 0) is 4.74 Å². The van der Waals surface area contributed by atoms with Crippen molar-refractivity contribution < 1.29 is 9.53 Å². The Labute approximate surface area is 111 Å². The van der Waals surface area contributed by atoms with Crippen LogP contribution in [0.5, 0.6) is 0 Å². The molecule has 1 aliphatic carbocycles. The SMILES string of the molecule is CC(C)(C)C1(C(C)(C)C)OC(=O)NC1CC1CC1. The Hall–Kier alpha value is -0.730. The summed E-state index contributed by atoms with van der Waals surface area (Å²) in [5.74, 6) is 0.779. The summed E-state index contributed by atoms with van der Waals surface area (Å²) in [5, 5.41) is 3.07. The third-order valence-corrected chi connectivity index (χ3v) is 4.53. The average Bonchev–Trinajstić information content (AvgIpc) is 2.85. The zero-order chi connectivity index (χ0) is 13.8. The monoisotopic (exact) mass is 253 g/mol. The highest BCUT2D eigenvalue weighted by Gasteiger charge is 2.63. The van der Waals surface area contributed by atoms with Crippen LogP contribution in [0.3, 0.4) is 0 Å². The maximum Gasteiger partial charge on any atom is 0.408 e. The van der Waals surface area contributed by atoms with E-state index < -0.39 is 5.60 Å². The fourth-order valence-electron chi connectivity index (χ4n) is 3.88. The molecule has 18 heavy (non-hydrogen) atoms. The molecule has 2 rings (SSSR count). The largest absolute Gasteiger partial charge is 0.440 e. The number of alkyl carbamates (subject to hydrolysis) is 1. The van der Waals surface area contributed by atoms with Crippen LogP contribution in [0.25, 0.3) is 0 Å². The highest BCUT2D eigenvalue weighted by atomic mass is 16.6. The first kappa shape index (κ1) is 13.7. The summed E-state index contributed by atoms with van der Waals surface area (Å²) in [7, 11) is 0. The topological polar surface area (TPSA) is 38.3 Å². The van der Waals surface area contributed by atoms with E-state index in [9.17, 15) is 4.79 Å². The summed E-state index contributed by atoms with van der Waals surface area (Å²) in [6.45, 7) is 13.1. The van der Waals surface area contributed by atoms with Crippen molar-refractivity contribution in [3.63, 3.8) is 0 Å². The third kappa shape index (κ3) is 2.02. The van der Waals surface area contributed by atoms with E-state index in [0.717, 1.165) is 12.3 Å². The summed E-state index contributed by atoms with van der Waals surface area (Å²) in [5.41, 5.74) is -0.590. The van der Waals surface area contributed by atoms with Crippen molar-refractivity contribution in [3.05, 3.63) is 0 Å². The van der Waals surface area contributed by atoms with Crippen LogP contribution >= 0.6 is 0 Å². The highest BCUT2D eigenvalue weighted by molar-refractivity contribution is 5.71. The Kier molecular flexibility index (Phi) is 2.95. The molecule has 2 aliphatic rings. The molecule has 1 heterocycles. The van der Waals surface area contributed by atoms with Crippen molar-refractivity contribution in [2.24, 2.45) is 16.7 Å². The van der Waals surface area contributed by atoms with Gasteiger partial charge in [0.2, 0.25) is 0 Å². The second-order valence-electron chi connectivity index (χ2n) is 8.00. The van der Waals surface area contributed by atoms with Crippen molar-refractivity contribution in [2.45, 2.75) is 72.4 Å². The van der Waals surface area contributed by atoms with Crippen LogP contribution in [0, 0.1) is 16.7 Å². The van der Waals surface area contributed by atoms with Gasteiger partial charge in [0.15, 0.2) is 0 Å². The number of cyclic esters (lactones) is 1. The molecule has 1 atom stereocenters. The number of ether oxygens (including phenoxy) is 1. The Morgan fingerprint density at radius 2 is 1.67 bits per heavy atom. The predicted molar refractivity (Wildman–Crippen MR) is 72.4 cm³/mol. The lowest BCUT2D eigenvalue weighted by molar-refractivity contribution is -0.130. The first-order valence-electron chi connectivity index (χ1n) is 7.07. The zero-order valence-corrected chi connectivity index (χ0v) is 12.6. The molecule has 0 aromatic carbocycles. The van der Waals surface area contributed by atoms with Gasteiger partial charge in [0.25, 0.3) is 0 Å². The molecule has 1 amide bonds. The van der Waals surface area contributed by atoms with Gasteiger partial charge in [-0.15, -0.1) is 0 Å². The number of carbonyl (C=O) groups is 1. The van der Waals surface area contributed by atoms with Crippen LogP contribution in [0.2, 0.25) is 0 Å². The van der Waals surface area contributed by atoms with Gasteiger partial charge in [0, 0.05) is 10.8 Å².